The maximum atomic E-state index is 13.6. The first-order chi connectivity index (χ1) is 8.95. The van der Waals surface area contributed by atoms with E-state index in [0.29, 0.717) is 6.07 Å². The van der Waals surface area contributed by atoms with Gasteiger partial charge >= 0.3 is 0 Å². The fraction of sp³-hybridized carbons (Fsp3) is 0.455. The van der Waals surface area contributed by atoms with Gasteiger partial charge in [-0.25, -0.2) is 17.2 Å². The molecule has 1 aromatic rings. The highest BCUT2D eigenvalue weighted by molar-refractivity contribution is 7.89. The van der Waals surface area contributed by atoms with Crippen LogP contribution in [0, 0.1) is 11.6 Å². The molecule has 0 aliphatic carbocycles. The highest BCUT2D eigenvalue weighted by Crippen LogP contribution is 2.22. The minimum absolute atomic E-state index is 0.0365. The first kappa shape index (κ1) is 14.3. The highest BCUT2D eigenvalue weighted by atomic mass is 32.2. The number of halogens is 2. The Morgan fingerprint density at radius 1 is 1.42 bits per heavy atom. The van der Waals surface area contributed by atoms with E-state index >= 15 is 0 Å². The second-order valence-corrected chi connectivity index (χ2v) is 6.07. The van der Waals surface area contributed by atoms with E-state index in [1.807, 2.05) is 0 Å². The molecule has 1 aromatic carbocycles. The third-order valence-electron chi connectivity index (χ3n) is 2.88. The summed E-state index contributed by atoms with van der Waals surface area (Å²) in [6.07, 6.45) is -0.430. The molecule has 0 spiro atoms. The van der Waals surface area contributed by atoms with Crippen molar-refractivity contribution in [2.24, 2.45) is 5.73 Å². The average molecular weight is 292 g/mol. The predicted molar refractivity (Wildman–Crippen MR) is 63.9 cm³/mol. The largest absolute Gasteiger partial charge is 0.374 e. The smallest absolute Gasteiger partial charge is 0.246 e. The number of hydrogen-bond acceptors (Lipinski definition) is 4. The van der Waals surface area contributed by atoms with Gasteiger partial charge in [0.25, 0.3) is 0 Å². The van der Waals surface area contributed by atoms with Crippen molar-refractivity contribution in [3.63, 3.8) is 0 Å². The van der Waals surface area contributed by atoms with Crippen molar-refractivity contribution >= 4 is 10.0 Å². The van der Waals surface area contributed by atoms with E-state index in [-0.39, 0.29) is 26.2 Å². The van der Waals surface area contributed by atoms with Gasteiger partial charge in [0.1, 0.15) is 16.5 Å². The molecular weight excluding hydrogens is 278 g/mol. The molecule has 8 heteroatoms. The lowest BCUT2D eigenvalue weighted by molar-refractivity contribution is 0.00444. The first-order valence-corrected chi connectivity index (χ1v) is 7.16. The monoisotopic (exact) mass is 292 g/mol. The van der Waals surface area contributed by atoms with E-state index in [4.69, 9.17) is 10.5 Å². The lowest BCUT2D eigenvalue weighted by Gasteiger charge is -2.31. The molecule has 1 aliphatic heterocycles. The Hall–Kier alpha value is -1.09. The molecule has 2 rings (SSSR count). The van der Waals surface area contributed by atoms with Gasteiger partial charge in [-0.05, 0) is 18.2 Å². The van der Waals surface area contributed by atoms with Crippen LogP contribution in [-0.4, -0.2) is 45.1 Å². The van der Waals surface area contributed by atoms with Crippen LogP contribution in [0.2, 0.25) is 0 Å². The Labute approximate surface area is 110 Å². The average Bonchev–Trinajstić information content (AvgIpc) is 2.41. The van der Waals surface area contributed by atoms with Crippen molar-refractivity contribution in [3.8, 4) is 0 Å². The molecule has 1 saturated heterocycles. The minimum Gasteiger partial charge on any atom is -0.374 e. The summed E-state index contributed by atoms with van der Waals surface area (Å²) in [5.41, 5.74) is 5.42. The van der Waals surface area contributed by atoms with Crippen LogP contribution in [0.15, 0.2) is 23.1 Å². The zero-order chi connectivity index (χ0) is 14.0. The van der Waals surface area contributed by atoms with Gasteiger partial charge in [-0.2, -0.15) is 4.31 Å². The molecule has 5 nitrogen and oxygen atoms in total. The summed E-state index contributed by atoms with van der Waals surface area (Å²) in [6, 6.07) is 2.34. The number of sulfonamides is 1. The highest BCUT2D eigenvalue weighted by Gasteiger charge is 2.32. The van der Waals surface area contributed by atoms with Crippen LogP contribution in [-0.2, 0) is 14.8 Å². The van der Waals surface area contributed by atoms with E-state index < -0.39 is 32.7 Å². The van der Waals surface area contributed by atoms with Gasteiger partial charge in [0, 0.05) is 19.6 Å². The quantitative estimate of drug-likeness (QED) is 0.870. The van der Waals surface area contributed by atoms with Gasteiger partial charge in [0.05, 0.1) is 12.7 Å². The van der Waals surface area contributed by atoms with Gasteiger partial charge in [0.15, 0.2) is 0 Å². The molecule has 19 heavy (non-hydrogen) atoms. The summed E-state index contributed by atoms with van der Waals surface area (Å²) in [7, 11) is -4.08. The minimum atomic E-state index is -4.08. The van der Waals surface area contributed by atoms with Crippen LogP contribution in [0.5, 0.6) is 0 Å². The molecule has 1 aliphatic rings. The standard InChI is InChI=1S/C11H14F2N2O3S/c12-8-1-2-10(13)11(5-8)19(16,17)15-3-4-18-9(6-14)7-15/h1-2,5,9H,3-4,6-7,14H2. The maximum absolute atomic E-state index is 13.6. The molecule has 0 saturated carbocycles. The first-order valence-electron chi connectivity index (χ1n) is 5.72. The van der Waals surface area contributed by atoms with Crippen molar-refractivity contribution in [1.29, 1.82) is 0 Å². The lowest BCUT2D eigenvalue weighted by atomic mass is 10.3. The Morgan fingerprint density at radius 3 is 2.84 bits per heavy atom. The van der Waals surface area contributed by atoms with E-state index in [1.165, 1.54) is 0 Å². The summed E-state index contributed by atoms with van der Waals surface area (Å²) in [4.78, 5) is -0.662. The van der Waals surface area contributed by atoms with E-state index in [9.17, 15) is 17.2 Å². The number of ether oxygens (including phenoxy) is 1. The third kappa shape index (κ3) is 2.92. The number of nitrogens with two attached hydrogens (primary N) is 1. The Morgan fingerprint density at radius 2 is 2.16 bits per heavy atom. The van der Waals surface area contributed by atoms with Crippen molar-refractivity contribution in [2.75, 3.05) is 26.2 Å². The van der Waals surface area contributed by atoms with Gasteiger partial charge in [-0.15, -0.1) is 0 Å². The van der Waals surface area contributed by atoms with Crippen LogP contribution in [0.1, 0.15) is 0 Å². The summed E-state index contributed by atoms with van der Waals surface area (Å²) in [5.74, 6) is -1.78. The fourth-order valence-corrected chi connectivity index (χ4v) is 3.40. The Bertz CT molecular complexity index is 565. The van der Waals surface area contributed by atoms with Gasteiger partial charge in [0.2, 0.25) is 10.0 Å². The second-order valence-electron chi connectivity index (χ2n) is 4.17. The van der Waals surface area contributed by atoms with Crippen molar-refractivity contribution in [3.05, 3.63) is 29.8 Å². The fourth-order valence-electron chi connectivity index (χ4n) is 1.87. The molecule has 0 amide bonds. The third-order valence-corrected chi connectivity index (χ3v) is 4.76. The SMILES string of the molecule is NCC1CN(S(=O)(=O)c2cc(F)ccc2F)CCO1. The summed E-state index contributed by atoms with van der Waals surface area (Å²) < 4.78 is 57.5. The van der Waals surface area contributed by atoms with Crippen LogP contribution >= 0.6 is 0 Å². The van der Waals surface area contributed by atoms with Crippen LogP contribution in [0.4, 0.5) is 8.78 Å². The number of benzene rings is 1. The zero-order valence-electron chi connectivity index (χ0n) is 10.1. The number of hydrogen-bond donors (Lipinski definition) is 1. The normalized spacial score (nSPS) is 21.5. The molecule has 0 aromatic heterocycles. The molecule has 1 unspecified atom stereocenters. The molecule has 2 N–H and O–H groups in total. The topological polar surface area (TPSA) is 72.6 Å². The zero-order valence-corrected chi connectivity index (χ0v) is 10.9. The molecule has 0 bridgehead atoms. The van der Waals surface area contributed by atoms with Crippen LogP contribution in [0.3, 0.4) is 0 Å². The van der Waals surface area contributed by atoms with Crippen molar-refractivity contribution < 1.29 is 21.9 Å². The number of morpholine rings is 1. The molecule has 106 valence electrons. The van der Waals surface area contributed by atoms with Gasteiger partial charge in [-0.1, -0.05) is 0 Å². The second kappa shape index (κ2) is 5.49. The molecule has 0 radical (unpaired) electrons. The summed E-state index contributed by atoms with van der Waals surface area (Å²) >= 11 is 0. The number of nitrogens with zero attached hydrogens (tertiary/aromatic N) is 1. The lowest BCUT2D eigenvalue weighted by Crippen LogP contribution is -2.48. The van der Waals surface area contributed by atoms with E-state index in [0.717, 1.165) is 16.4 Å². The molecule has 1 heterocycles. The van der Waals surface area contributed by atoms with Crippen molar-refractivity contribution in [2.45, 2.75) is 11.0 Å². The van der Waals surface area contributed by atoms with Crippen LogP contribution in [0.25, 0.3) is 0 Å². The molecule has 1 atom stereocenters. The van der Waals surface area contributed by atoms with Crippen LogP contribution < -0.4 is 5.73 Å². The predicted octanol–water partition coefficient (Wildman–Crippen LogP) is 0.313. The Kier molecular flexibility index (Phi) is 4.14. The van der Waals surface area contributed by atoms with E-state index in [2.05, 4.69) is 0 Å². The van der Waals surface area contributed by atoms with Gasteiger partial charge < -0.3 is 10.5 Å². The summed E-state index contributed by atoms with van der Waals surface area (Å²) in [6.45, 7) is 0.471. The maximum Gasteiger partial charge on any atom is 0.246 e. The Balaban J connectivity index is 2.34. The number of rotatable bonds is 3. The van der Waals surface area contributed by atoms with Gasteiger partial charge in [-0.3, -0.25) is 0 Å². The van der Waals surface area contributed by atoms with E-state index in [1.54, 1.807) is 0 Å². The molecular formula is C11H14F2N2O3S. The van der Waals surface area contributed by atoms with Crippen molar-refractivity contribution in [1.82, 2.24) is 4.31 Å². The summed E-state index contributed by atoms with van der Waals surface area (Å²) in [5, 5.41) is 0. The molecule has 1 fully saturated rings.